The standard InChI is InChI=1S/C8H12NO3/c1-3-9-5-6(10)7(11)8(5)12-4-2/h5,8-9H,1,3-4H2,2H3. The molecular formula is C8H12NO3. The van der Waals surface area contributed by atoms with Gasteiger partial charge in [0.1, 0.15) is 12.1 Å². The molecule has 12 heavy (non-hydrogen) atoms. The molecule has 0 bridgehead atoms. The summed E-state index contributed by atoms with van der Waals surface area (Å²) in [5.41, 5.74) is 0. The van der Waals surface area contributed by atoms with Crippen molar-refractivity contribution < 1.29 is 14.3 Å². The zero-order valence-electron chi connectivity index (χ0n) is 7.00. The van der Waals surface area contributed by atoms with Crippen LogP contribution in [0.15, 0.2) is 0 Å². The van der Waals surface area contributed by atoms with Gasteiger partial charge in [0.2, 0.25) is 11.6 Å². The summed E-state index contributed by atoms with van der Waals surface area (Å²) in [6.07, 6.45) is -0.579. The van der Waals surface area contributed by atoms with Crippen LogP contribution < -0.4 is 5.32 Å². The van der Waals surface area contributed by atoms with Crippen LogP contribution in [0.5, 0.6) is 0 Å². The van der Waals surface area contributed by atoms with Crippen molar-refractivity contribution in [1.82, 2.24) is 5.32 Å². The highest BCUT2D eigenvalue weighted by Gasteiger charge is 2.49. The van der Waals surface area contributed by atoms with Crippen molar-refractivity contribution >= 4 is 11.6 Å². The van der Waals surface area contributed by atoms with Gasteiger partial charge in [0, 0.05) is 6.61 Å². The predicted octanol–water partition coefficient (Wildman–Crippen LogP) is -0.664. The summed E-state index contributed by atoms with van der Waals surface area (Å²) >= 11 is 0. The van der Waals surface area contributed by atoms with Crippen LogP contribution >= 0.6 is 0 Å². The van der Waals surface area contributed by atoms with E-state index in [1.165, 1.54) is 0 Å². The van der Waals surface area contributed by atoms with Crippen LogP contribution in [0.4, 0.5) is 0 Å². The third-order valence-corrected chi connectivity index (χ3v) is 1.80. The summed E-state index contributed by atoms with van der Waals surface area (Å²) in [5.74, 6) is -0.820. The van der Waals surface area contributed by atoms with Gasteiger partial charge in [0.05, 0.1) is 0 Å². The first-order chi connectivity index (χ1) is 5.72. The molecule has 1 radical (unpaired) electrons. The van der Waals surface area contributed by atoms with Gasteiger partial charge in [-0.3, -0.25) is 9.59 Å². The average molecular weight is 170 g/mol. The number of ketones is 2. The molecule has 1 aliphatic carbocycles. The van der Waals surface area contributed by atoms with Crippen molar-refractivity contribution in [2.75, 3.05) is 13.2 Å². The van der Waals surface area contributed by atoms with Gasteiger partial charge >= 0.3 is 0 Å². The molecule has 0 aromatic rings. The lowest BCUT2D eigenvalue weighted by molar-refractivity contribution is -0.158. The number of carbonyl (C=O) groups excluding carboxylic acids is 2. The van der Waals surface area contributed by atoms with Crippen molar-refractivity contribution in [3.05, 3.63) is 6.92 Å². The number of nitrogens with one attached hydrogen (secondary N) is 1. The minimum atomic E-state index is -0.579. The molecule has 1 N–H and O–H groups in total. The molecule has 1 aliphatic rings. The number of carbonyl (C=O) groups is 2. The van der Waals surface area contributed by atoms with Gasteiger partial charge in [-0.05, 0) is 20.4 Å². The molecule has 0 aromatic heterocycles. The molecule has 1 rings (SSSR count). The van der Waals surface area contributed by atoms with Gasteiger partial charge in [-0.25, -0.2) is 0 Å². The normalized spacial score (nSPS) is 28.8. The average Bonchev–Trinajstić information content (AvgIpc) is 2.10. The van der Waals surface area contributed by atoms with Crippen LogP contribution in [-0.4, -0.2) is 36.9 Å². The fraction of sp³-hybridized carbons (Fsp3) is 0.625. The Kier molecular flexibility index (Phi) is 2.94. The maximum atomic E-state index is 10.9. The maximum Gasteiger partial charge on any atom is 0.230 e. The molecule has 0 amide bonds. The summed E-state index contributed by atoms with van der Waals surface area (Å²) < 4.78 is 5.07. The van der Waals surface area contributed by atoms with Crippen molar-refractivity contribution in [2.24, 2.45) is 0 Å². The van der Waals surface area contributed by atoms with Crippen molar-refractivity contribution in [1.29, 1.82) is 0 Å². The third-order valence-electron chi connectivity index (χ3n) is 1.80. The topological polar surface area (TPSA) is 55.4 Å². The minimum Gasteiger partial charge on any atom is -0.368 e. The Morgan fingerprint density at radius 1 is 1.50 bits per heavy atom. The first kappa shape index (κ1) is 9.35. The Bertz CT molecular complexity index is 180. The van der Waals surface area contributed by atoms with Crippen molar-refractivity contribution in [2.45, 2.75) is 19.1 Å². The maximum absolute atomic E-state index is 10.9. The second kappa shape index (κ2) is 3.78. The molecule has 0 heterocycles. The summed E-state index contributed by atoms with van der Waals surface area (Å²) in [6.45, 7) is 6.19. The SMILES string of the molecule is [CH2]CNC1C(=O)C(=O)C1OCC. The van der Waals surface area contributed by atoms with Gasteiger partial charge in [0.15, 0.2) is 0 Å². The molecule has 4 heteroatoms. The van der Waals surface area contributed by atoms with E-state index >= 15 is 0 Å². The molecular weight excluding hydrogens is 158 g/mol. The smallest absolute Gasteiger partial charge is 0.230 e. The first-order valence-electron chi connectivity index (χ1n) is 3.94. The highest BCUT2D eigenvalue weighted by atomic mass is 16.5. The molecule has 0 aliphatic heterocycles. The summed E-state index contributed by atoms with van der Waals surface area (Å²) in [5, 5.41) is 2.79. The Morgan fingerprint density at radius 2 is 2.17 bits per heavy atom. The molecule has 2 unspecified atom stereocenters. The highest BCUT2D eigenvalue weighted by Crippen LogP contribution is 2.15. The molecule has 1 fully saturated rings. The monoisotopic (exact) mass is 170 g/mol. The largest absolute Gasteiger partial charge is 0.368 e. The van der Waals surface area contributed by atoms with E-state index in [1.54, 1.807) is 6.92 Å². The number of rotatable bonds is 4. The summed E-state index contributed by atoms with van der Waals surface area (Å²) in [4.78, 5) is 21.8. The van der Waals surface area contributed by atoms with Gasteiger partial charge in [0.25, 0.3) is 0 Å². The van der Waals surface area contributed by atoms with Crippen LogP contribution in [0.3, 0.4) is 0 Å². The van der Waals surface area contributed by atoms with Crippen LogP contribution in [0, 0.1) is 6.92 Å². The Hall–Kier alpha value is -0.740. The number of hydrogen-bond acceptors (Lipinski definition) is 4. The van der Waals surface area contributed by atoms with E-state index in [9.17, 15) is 9.59 Å². The van der Waals surface area contributed by atoms with Crippen LogP contribution in [0.25, 0.3) is 0 Å². The second-order valence-electron chi connectivity index (χ2n) is 2.54. The number of hydrogen-bond donors (Lipinski definition) is 1. The van der Waals surface area contributed by atoms with Crippen LogP contribution in [0.1, 0.15) is 6.92 Å². The van der Waals surface area contributed by atoms with Crippen LogP contribution in [0.2, 0.25) is 0 Å². The van der Waals surface area contributed by atoms with Gasteiger partial charge in [-0.1, -0.05) is 0 Å². The van der Waals surface area contributed by atoms with Gasteiger partial charge in [-0.2, -0.15) is 0 Å². The van der Waals surface area contributed by atoms with E-state index in [0.717, 1.165) is 0 Å². The molecule has 0 saturated heterocycles. The van der Waals surface area contributed by atoms with E-state index in [1.807, 2.05) is 0 Å². The van der Waals surface area contributed by atoms with E-state index < -0.39 is 23.7 Å². The molecule has 0 aromatic carbocycles. The Balaban J connectivity index is 2.49. The van der Waals surface area contributed by atoms with E-state index in [4.69, 9.17) is 4.74 Å². The molecule has 2 atom stereocenters. The van der Waals surface area contributed by atoms with Crippen molar-refractivity contribution in [3.8, 4) is 0 Å². The second-order valence-corrected chi connectivity index (χ2v) is 2.54. The van der Waals surface area contributed by atoms with Crippen LogP contribution in [-0.2, 0) is 14.3 Å². The van der Waals surface area contributed by atoms with Gasteiger partial charge < -0.3 is 10.1 Å². The zero-order chi connectivity index (χ0) is 9.14. The lowest BCUT2D eigenvalue weighted by Crippen LogP contribution is -2.65. The third kappa shape index (κ3) is 1.40. The molecule has 4 nitrogen and oxygen atoms in total. The molecule has 0 spiro atoms. The predicted molar refractivity (Wildman–Crippen MR) is 42.6 cm³/mol. The Morgan fingerprint density at radius 3 is 2.67 bits per heavy atom. The van der Waals surface area contributed by atoms with E-state index in [0.29, 0.717) is 13.2 Å². The summed E-state index contributed by atoms with van der Waals surface area (Å²) in [7, 11) is 0. The highest BCUT2D eigenvalue weighted by molar-refractivity contribution is 6.48. The zero-order valence-corrected chi connectivity index (χ0v) is 7.00. The van der Waals surface area contributed by atoms with Gasteiger partial charge in [-0.15, -0.1) is 0 Å². The van der Waals surface area contributed by atoms with E-state index in [-0.39, 0.29) is 0 Å². The fourth-order valence-corrected chi connectivity index (χ4v) is 1.19. The fourth-order valence-electron chi connectivity index (χ4n) is 1.19. The summed E-state index contributed by atoms with van der Waals surface area (Å²) in [6, 6.07) is -0.463. The Labute approximate surface area is 71.3 Å². The quantitative estimate of drug-likeness (QED) is 0.569. The number of ether oxygens (including phenoxy) is 1. The minimum absolute atomic E-state index is 0.392. The number of Topliss-reactive ketones (excluding diaryl/α,β-unsaturated/α-hetero) is 2. The van der Waals surface area contributed by atoms with Crippen molar-refractivity contribution in [3.63, 3.8) is 0 Å². The first-order valence-corrected chi connectivity index (χ1v) is 3.94. The van der Waals surface area contributed by atoms with E-state index in [2.05, 4.69) is 12.2 Å². The molecule has 67 valence electrons. The lowest BCUT2D eigenvalue weighted by Gasteiger charge is -2.32. The lowest BCUT2D eigenvalue weighted by atomic mass is 9.85. The molecule has 1 saturated carbocycles.